The van der Waals surface area contributed by atoms with E-state index in [4.69, 9.17) is 28.3 Å². The van der Waals surface area contributed by atoms with Gasteiger partial charge in [0.05, 0.1) is 21.3 Å². The lowest BCUT2D eigenvalue weighted by molar-refractivity contribution is 0.0697. The summed E-state index contributed by atoms with van der Waals surface area (Å²) in [5.41, 5.74) is -0.184. The lowest BCUT2D eigenvalue weighted by Gasteiger charge is -2.12. The van der Waals surface area contributed by atoms with E-state index in [1.165, 1.54) is 0 Å². The molecule has 0 bridgehead atoms. The van der Waals surface area contributed by atoms with E-state index >= 15 is 0 Å². The first kappa shape index (κ1) is 16.0. The normalized spacial score (nSPS) is 11.3. The first-order chi connectivity index (χ1) is 8.76. The van der Waals surface area contributed by atoms with Crippen molar-refractivity contribution in [3.05, 3.63) is 27.7 Å². The molecule has 0 atom stereocenters. The van der Waals surface area contributed by atoms with Crippen LogP contribution >= 0.6 is 23.2 Å². The molecule has 0 aliphatic carbocycles. The Labute approximate surface area is 120 Å². The highest BCUT2D eigenvalue weighted by Crippen LogP contribution is 2.32. The van der Waals surface area contributed by atoms with Crippen LogP contribution in [-0.4, -0.2) is 26.0 Å². The highest BCUT2D eigenvalue weighted by Gasteiger charge is 2.17. The number of carboxylic acid groups (broad SMARTS) is 1. The van der Waals surface area contributed by atoms with E-state index in [2.05, 4.69) is 9.44 Å². The van der Waals surface area contributed by atoms with Gasteiger partial charge in [0.1, 0.15) is 0 Å². The second kappa shape index (κ2) is 6.42. The van der Waals surface area contributed by atoms with Crippen LogP contribution in [0.4, 0.5) is 5.69 Å². The maximum absolute atomic E-state index is 11.6. The molecule has 1 aromatic carbocycles. The van der Waals surface area contributed by atoms with E-state index in [-0.39, 0.29) is 27.8 Å². The molecule has 19 heavy (non-hydrogen) atoms. The molecule has 0 aromatic heterocycles. The molecule has 1 rings (SSSR count). The Balaban J connectivity index is 3.06. The zero-order chi connectivity index (χ0) is 14.6. The summed E-state index contributed by atoms with van der Waals surface area (Å²) in [7, 11) is -3.79. The predicted molar refractivity (Wildman–Crippen MR) is 74.3 cm³/mol. The average Bonchev–Trinajstić information content (AvgIpc) is 2.31. The number of nitrogens with one attached hydrogen (secondary N) is 2. The van der Waals surface area contributed by atoms with Crippen molar-refractivity contribution in [2.24, 2.45) is 0 Å². The second-order valence-corrected chi connectivity index (χ2v) is 5.93. The van der Waals surface area contributed by atoms with Crippen molar-refractivity contribution in [3.63, 3.8) is 0 Å². The first-order valence-corrected chi connectivity index (χ1v) is 7.50. The van der Waals surface area contributed by atoms with Crippen LogP contribution in [0.15, 0.2) is 12.1 Å². The van der Waals surface area contributed by atoms with E-state index < -0.39 is 16.2 Å². The fraction of sp³-hybridized carbons (Fsp3) is 0.300. The van der Waals surface area contributed by atoms with Gasteiger partial charge in [-0.15, -0.1) is 0 Å². The number of hydrogen-bond acceptors (Lipinski definition) is 3. The SMILES string of the molecule is CCCNS(=O)(=O)Nc1c(Cl)cc(C(=O)O)cc1Cl. The largest absolute Gasteiger partial charge is 0.478 e. The Morgan fingerprint density at radius 1 is 1.32 bits per heavy atom. The Kier molecular flexibility index (Phi) is 5.42. The molecule has 0 radical (unpaired) electrons. The number of anilines is 1. The molecule has 0 saturated carbocycles. The maximum Gasteiger partial charge on any atom is 0.335 e. The van der Waals surface area contributed by atoms with Gasteiger partial charge in [0.2, 0.25) is 0 Å². The van der Waals surface area contributed by atoms with Gasteiger partial charge >= 0.3 is 5.97 Å². The Morgan fingerprint density at radius 3 is 2.26 bits per heavy atom. The standard InChI is InChI=1S/C10H12Cl2N2O4S/c1-2-3-13-19(17,18)14-9-7(11)4-6(10(15)16)5-8(9)12/h4-5,13-14H,2-3H2,1H3,(H,15,16). The van der Waals surface area contributed by atoms with Crippen LogP contribution < -0.4 is 9.44 Å². The minimum atomic E-state index is -3.79. The van der Waals surface area contributed by atoms with Crippen LogP contribution in [0.1, 0.15) is 23.7 Å². The van der Waals surface area contributed by atoms with Gasteiger partial charge in [-0.3, -0.25) is 4.72 Å². The number of halogens is 2. The lowest BCUT2D eigenvalue weighted by atomic mass is 10.2. The molecule has 106 valence electrons. The molecule has 0 aliphatic rings. The van der Waals surface area contributed by atoms with E-state index in [0.29, 0.717) is 6.42 Å². The smallest absolute Gasteiger partial charge is 0.335 e. The summed E-state index contributed by atoms with van der Waals surface area (Å²) in [5, 5.41) is 8.62. The van der Waals surface area contributed by atoms with Gasteiger partial charge in [-0.05, 0) is 18.6 Å². The predicted octanol–water partition coefficient (Wildman–Crippen LogP) is 2.35. The molecule has 0 heterocycles. The number of carboxylic acids is 1. The van der Waals surface area contributed by atoms with Gasteiger partial charge in [-0.1, -0.05) is 30.1 Å². The molecule has 0 fully saturated rings. The summed E-state index contributed by atoms with van der Waals surface area (Å²) < 4.78 is 27.7. The van der Waals surface area contributed by atoms with Crippen LogP contribution in [0.5, 0.6) is 0 Å². The minimum Gasteiger partial charge on any atom is -0.478 e. The summed E-state index contributed by atoms with van der Waals surface area (Å²) in [5.74, 6) is -1.21. The molecule has 0 saturated heterocycles. The lowest BCUT2D eigenvalue weighted by Crippen LogP contribution is -2.30. The van der Waals surface area contributed by atoms with E-state index in [1.54, 1.807) is 0 Å². The molecule has 0 amide bonds. The number of rotatable bonds is 6. The molecule has 3 N–H and O–H groups in total. The number of carbonyl (C=O) groups is 1. The molecule has 0 spiro atoms. The Bertz CT molecular complexity index is 566. The summed E-state index contributed by atoms with van der Waals surface area (Å²) in [4.78, 5) is 10.8. The number of benzene rings is 1. The molecule has 9 heteroatoms. The Morgan fingerprint density at radius 2 is 1.84 bits per heavy atom. The van der Waals surface area contributed by atoms with Crippen molar-refractivity contribution in [2.45, 2.75) is 13.3 Å². The average molecular weight is 327 g/mol. The maximum atomic E-state index is 11.6. The summed E-state index contributed by atoms with van der Waals surface area (Å²) >= 11 is 11.6. The number of aromatic carboxylic acids is 1. The highest BCUT2D eigenvalue weighted by atomic mass is 35.5. The fourth-order valence-corrected chi connectivity index (χ4v) is 2.93. The van der Waals surface area contributed by atoms with Crippen molar-refractivity contribution in [2.75, 3.05) is 11.3 Å². The van der Waals surface area contributed by atoms with Crippen LogP contribution in [-0.2, 0) is 10.2 Å². The molecule has 1 aromatic rings. The quantitative estimate of drug-likeness (QED) is 0.747. The molecular weight excluding hydrogens is 315 g/mol. The third-order valence-corrected chi connectivity index (χ3v) is 3.72. The molecule has 0 aliphatic heterocycles. The van der Waals surface area contributed by atoms with Crippen molar-refractivity contribution in [3.8, 4) is 0 Å². The van der Waals surface area contributed by atoms with Crippen LogP contribution in [0.2, 0.25) is 10.0 Å². The van der Waals surface area contributed by atoms with Crippen molar-refractivity contribution in [1.82, 2.24) is 4.72 Å². The van der Waals surface area contributed by atoms with Gasteiger partial charge in [0.25, 0.3) is 10.2 Å². The summed E-state index contributed by atoms with van der Waals surface area (Å²) in [6.45, 7) is 2.07. The second-order valence-electron chi connectivity index (χ2n) is 3.62. The fourth-order valence-electron chi connectivity index (χ4n) is 1.20. The van der Waals surface area contributed by atoms with Crippen molar-refractivity contribution >= 4 is 45.1 Å². The van der Waals surface area contributed by atoms with Crippen molar-refractivity contribution < 1.29 is 18.3 Å². The minimum absolute atomic E-state index is 0.0584. The highest BCUT2D eigenvalue weighted by molar-refractivity contribution is 7.90. The van der Waals surface area contributed by atoms with E-state index in [1.807, 2.05) is 6.92 Å². The first-order valence-electron chi connectivity index (χ1n) is 5.26. The van der Waals surface area contributed by atoms with Gasteiger partial charge in [0.15, 0.2) is 0 Å². The third-order valence-electron chi connectivity index (χ3n) is 2.07. The van der Waals surface area contributed by atoms with E-state index in [9.17, 15) is 13.2 Å². The zero-order valence-electron chi connectivity index (χ0n) is 9.91. The Hall–Kier alpha value is -1.02. The van der Waals surface area contributed by atoms with Gasteiger partial charge in [0, 0.05) is 6.54 Å². The third kappa shape index (κ3) is 4.54. The zero-order valence-corrected chi connectivity index (χ0v) is 12.2. The van der Waals surface area contributed by atoms with Crippen LogP contribution in [0.3, 0.4) is 0 Å². The van der Waals surface area contributed by atoms with Gasteiger partial charge in [-0.25, -0.2) is 4.79 Å². The molecule has 6 nitrogen and oxygen atoms in total. The van der Waals surface area contributed by atoms with Gasteiger partial charge < -0.3 is 5.11 Å². The van der Waals surface area contributed by atoms with E-state index in [0.717, 1.165) is 12.1 Å². The monoisotopic (exact) mass is 326 g/mol. The summed E-state index contributed by atoms with van der Waals surface area (Å²) in [6.07, 6.45) is 0.625. The van der Waals surface area contributed by atoms with Crippen LogP contribution in [0.25, 0.3) is 0 Å². The molecule has 0 unspecified atom stereocenters. The van der Waals surface area contributed by atoms with Crippen LogP contribution in [0, 0.1) is 0 Å². The van der Waals surface area contributed by atoms with Crippen molar-refractivity contribution in [1.29, 1.82) is 0 Å². The summed E-state index contributed by atoms with van der Waals surface area (Å²) in [6, 6.07) is 2.24. The molecular formula is C10H12Cl2N2O4S. The topological polar surface area (TPSA) is 95.5 Å². The number of hydrogen-bond donors (Lipinski definition) is 3. The van der Waals surface area contributed by atoms with Gasteiger partial charge in [-0.2, -0.15) is 13.1 Å².